The Kier molecular flexibility index (Phi) is 6.93. The second-order valence-electron chi connectivity index (χ2n) is 4.48. The Morgan fingerprint density at radius 1 is 1.00 bits per heavy atom. The summed E-state index contributed by atoms with van der Waals surface area (Å²) in [4.78, 5) is 0. The first-order chi connectivity index (χ1) is 8.75. The summed E-state index contributed by atoms with van der Waals surface area (Å²) in [7, 11) is 0. The summed E-state index contributed by atoms with van der Waals surface area (Å²) in [6.07, 6.45) is 1.03. The molecule has 0 amide bonds. The van der Waals surface area contributed by atoms with Crippen LogP contribution in [0.15, 0.2) is 48.5 Å². The Morgan fingerprint density at radius 2 is 1.68 bits per heavy atom. The highest BCUT2D eigenvalue weighted by Gasteiger charge is 1.97. The van der Waals surface area contributed by atoms with Gasteiger partial charge in [-0.25, -0.2) is 0 Å². The van der Waals surface area contributed by atoms with E-state index >= 15 is 0 Å². The van der Waals surface area contributed by atoms with Crippen LogP contribution in [0.25, 0.3) is 0 Å². The predicted molar refractivity (Wildman–Crippen MR) is 85.3 cm³/mol. The maximum absolute atomic E-state index is 5.85. The molecule has 3 heteroatoms. The Bertz CT molecular complexity index is 494. The summed E-state index contributed by atoms with van der Waals surface area (Å²) in [5, 5.41) is 4.27. The van der Waals surface area contributed by atoms with Gasteiger partial charge in [-0.2, -0.15) is 0 Å². The Balaban J connectivity index is 0.00000180. The lowest BCUT2D eigenvalue weighted by Gasteiger charge is -2.07. The predicted octanol–water partition coefficient (Wildman–Crippen LogP) is 4.40. The summed E-state index contributed by atoms with van der Waals surface area (Å²) in [6, 6.07) is 16.5. The van der Waals surface area contributed by atoms with Gasteiger partial charge in [0.2, 0.25) is 0 Å². The largest absolute Gasteiger partial charge is 0.312 e. The zero-order chi connectivity index (χ0) is 12.8. The van der Waals surface area contributed by atoms with Crippen LogP contribution in [-0.2, 0) is 13.0 Å². The molecule has 19 heavy (non-hydrogen) atoms. The quantitative estimate of drug-likeness (QED) is 0.806. The van der Waals surface area contributed by atoms with Crippen LogP contribution in [0.5, 0.6) is 0 Å². The molecule has 2 rings (SSSR count). The van der Waals surface area contributed by atoms with E-state index in [1.54, 1.807) is 0 Å². The first-order valence-corrected chi connectivity index (χ1v) is 6.63. The fraction of sp³-hybridized carbons (Fsp3) is 0.250. The summed E-state index contributed by atoms with van der Waals surface area (Å²) < 4.78 is 0. The Labute approximate surface area is 126 Å². The first-order valence-electron chi connectivity index (χ1n) is 6.25. The number of nitrogens with one attached hydrogen (secondary N) is 1. The lowest BCUT2D eigenvalue weighted by Crippen LogP contribution is -2.17. The van der Waals surface area contributed by atoms with Crippen molar-refractivity contribution >= 4 is 24.0 Å². The van der Waals surface area contributed by atoms with E-state index in [2.05, 4.69) is 48.6 Å². The molecular weight excluding hydrogens is 277 g/mol. The van der Waals surface area contributed by atoms with Gasteiger partial charge in [-0.15, -0.1) is 12.4 Å². The van der Waals surface area contributed by atoms with E-state index in [-0.39, 0.29) is 12.4 Å². The molecule has 0 saturated carbocycles. The summed E-state index contributed by atoms with van der Waals surface area (Å²) in [5.74, 6) is 0. The van der Waals surface area contributed by atoms with Crippen LogP contribution >= 0.6 is 24.0 Å². The fourth-order valence-corrected chi connectivity index (χ4v) is 2.04. The van der Waals surface area contributed by atoms with Gasteiger partial charge in [-0.3, -0.25) is 0 Å². The highest BCUT2D eigenvalue weighted by molar-refractivity contribution is 6.30. The third-order valence-electron chi connectivity index (χ3n) is 3.08. The molecule has 0 aliphatic rings. The normalized spacial score (nSPS) is 10.0. The van der Waals surface area contributed by atoms with Gasteiger partial charge in [-0.1, -0.05) is 48.0 Å². The molecule has 0 aromatic heterocycles. The van der Waals surface area contributed by atoms with Crippen molar-refractivity contribution in [3.8, 4) is 0 Å². The van der Waals surface area contributed by atoms with Crippen molar-refractivity contribution in [3.63, 3.8) is 0 Å². The molecule has 2 aromatic rings. The SMILES string of the molecule is Cc1ccccc1CNCCc1ccc(Cl)cc1.Cl. The first kappa shape index (κ1) is 16.0. The molecule has 1 N–H and O–H groups in total. The van der Waals surface area contributed by atoms with Crippen LogP contribution in [0.2, 0.25) is 5.02 Å². The molecule has 2 aromatic carbocycles. The van der Waals surface area contributed by atoms with E-state index in [0.717, 1.165) is 24.5 Å². The molecule has 0 heterocycles. The van der Waals surface area contributed by atoms with Gasteiger partial charge in [0.1, 0.15) is 0 Å². The maximum atomic E-state index is 5.85. The molecule has 0 saturated heterocycles. The molecule has 102 valence electrons. The highest BCUT2D eigenvalue weighted by Crippen LogP contribution is 2.10. The van der Waals surface area contributed by atoms with Crippen LogP contribution in [0, 0.1) is 6.92 Å². The number of rotatable bonds is 5. The third-order valence-corrected chi connectivity index (χ3v) is 3.33. The minimum Gasteiger partial charge on any atom is -0.312 e. The molecule has 0 radical (unpaired) electrons. The number of aryl methyl sites for hydroxylation is 1. The van der Waals surface area contributed by atoms with Gasteiger partial charge >= 0.3 is 0 Å². The van der Waals surface area contributed by atoms with Gasteiger partial charge in [-0.05, 0) is 48.7 Å². The van der Waals surface area contributed by atoms with Crippen molar-refractivity contribution in [1.29, 1.82) is 0 Å². The molecule has 0 atom stereocenters. The van der Waals surface area contributed by atoms with Crippen LogP contribution in [-0.4, -0.2) is 6.54 Å². The summed E-state index contributed by atoms with van der Waals surface area (Å²) in [6.45, 7) is 4.06. The molecule has 0 spiro atoms. The van der Waals surface area contributed by atoms with Crippen LogP contribution in [0.3, 0.4) is 0 Å². The van der Waals surface area contributed by atoms with E-state index in [0.29, 0.717) is 0 Å². The second-order valence-corrected chi connectivity index (χ2v) is 4.92. The topological polar surface area (TPSA) is 12.0 Å². The zero-order valence-corrected chi connectivity index (χ0v) is 12.6. The average molecular weight is 296 g/mol. The van der Waals surface area contributed by atoms with Crippen LogP contribution in [0.1, 0.15) is 16.7 Å². The van der Waals surface area contributed by atoms with E-state index < -0.39 is 0 Å². The number of hydrogen-bond acceptors (Lipinski definition) is 1. The monoisotopic (exact) mass is 295 g/mol. The van der Waals surface area contributed by atoms with E-state index in [1.807, 2.05) is 12.1 Å². The van der Waals surface area contributed by atoms with Gasteiger partial charge in [0.15, 0.2) is 0 Å². The van der Waals surface area contributed by atoms with Crippen molar-refractivity contribution in [1.82, 2.24) is 5.32 Å². The minimum atomic E-state index is 0. The van der Waals surface area contributed by atoms with Gasteiger partial charge in [0.05, 0.1) is 0 Å². The van der Waals surface area contributed by atoms with Crippen molar-refractivity contribution in [2.45, 2.75) is 19.9 Å². The van der Waals surface area contributed by atoms with Crippen LogP contribution in [0.4, 0.5) is 0 Å². The van der Waals surface area contributed by atoms with Crippen molar-refractivity contribution < 1.29 is 0 Å². The summed E-state index contributed by atoms with van der Waals surface area (Å²) >= 11 is 5.85. The summed E-state index contributed by atoms with van der Waals surface area (Å²) in [5.41, 5.74) is 4.03. The lowest BCUT2D eigenvalue weighted by molar-refractivity contribution is 0.684. The number of hydrogen-bond donors (Lipinski definition) is 1. The highest BCUT2D eigenvalue weighted by atomic mass is 35.5. The number of halogens is 2. The molecule has 0 unspecified atom stereocenters. The molecule has 0 fully saturated rings. The second kappa shape index (κ2) is 8.21. The fourth-order valence-electron chi connectivity index (χ4n) is 1.92. The molecule has 0 aliphatic heterocycles. The molecular formula is C16H19Cl2N. The van der Waals surface area contributed by atoms with E-state index in [9.17, 15) is 0 Å². The molecule has 0 aliphatic carbocycles. The van der Waals surface area contributed by atoms with Crippen LogP contribution < -0.4 is 5.32 Å². The maximum Gasteiger partial charge on any atom is 0.0406 e. The lowest BCUT2D eigenvalue weighted by atomic mass is 10.1. The number of benzene rings is 2. The zero-order valence-electron chi connectivity index (χ0n) is 11.0. The van der Waals surface area contributed by atoms with E-state index in [4.69, 9.17) is 11.6 Å². The Morgan fingerprint density at radius 3 is 2.37 bits per heavy atom. The average Bonchev–Trinajstić information content (AvgIpc) is 2.39. The minimum absolute atomic E-state index is 0. The standard InChI is InChI=1S/C16H18ClN.ClH/c1-13-4-2-3-5-15(13)12-18-11-10-14-6-8-16(17)9-7-14;/h2-9,18H,10-12H2,1H3;1H. The third kappa shape index (κ3) is 5.23. The Hall–Kier alpha value is -1.02. The molecule has 0 bridgehead atoms. The molecule has 1 nitrogen and oxygen atoms in total. The van der Waals surface area contributed by atoms with Gasteiger partial charge in [0, 0.05) is 11.6 Å². The van der Waals surface area contributed by atoms with Gasteiger partial charge < -0.3 is 5.32 Å². The van der Waals surface area contributed by atoms with Gasteiger partial charge in [0.25, 0.3) is 0 Å². The smallest absolute Gasteiger partial charge is 0.0406 e. The van der Waals surface area contributed by atoms with Crippen molar-refractivity contribution in [3.05, 3.63) is 70.2 Å². The van der Waals surface area contributed by atoms with Crippen molar-refractivity contribution in [2.75, 3.05) is 6.54 Å². The van der Waals surface area contributed by atoms with E-state index in [1.165, 1.54) is 16.7 Å². The van der Waals surface area contributed by atoms with Crippen molar-refractivity contribution in [2.24, 2.45) is 0 Å².